The zero-order chi connectivity index (χ0) is 19.5. The van der Waals surface area contributed by atoms with Crippen LogP contribution in [0.5, 0.6) is 0 Å². The van der Waals surface area contributed by atoms with Gasteiger partial charge >= 0.3 is 0 Å². The Morgan fingerprint density at radius 1 is 0.759 bits per heavy atom. The van der Waals surface area contributed by atoms with Crippen molar-refractivity contribution >= 4 is 10.9 Å². The summed E-state index contributed by atoms with van der Waals surface area (Å²) < 4.78 is 1.94. The van der Waals surface area contributed by atoms with Gasteiger partial charge in [-0.05, 0) is 54.5 Å². The summed E-state index contributed by atoms with van der Waals surface area (Å²) >= 11 is 0. The van der Waals surface area contributed by atoms with Gasteiger partial charge in [-0.3, -0.25) is 9.55 Å². The van der Waals surface area contributed by atoms with Gasteiger partial charge in [0.05, 0.1) is 5.52 Å². The highest BCUT2D eigenvalue weighted by atomic mass is 15.3. The first-order valence-corrected chi connectivity index (χ1v) is 9.15. The molecule has 0 saturated carbocycles. The normalized spacial score (nSPS) is 10.5. The topological polar surface area (TPSA) is 56.5 Å². The second-order valence-corrected chi connectivity index (χ2v) is 6.45. The number of benzene rings is 2. The van der Waals surface area contributed by atoms with Gasteiger partial charge in [-0.15, -0.1) is 10.2 Å². The highest BCUT2D eigenvalue weighted by Gasteiger charge is 2.08. The molecule has 0 aliphatic carbocycles. The zero-order valence-electron chi connectivity index (χ0n) is 15.4. The van der Waals surface area contributed by atoms with E-state index in [1.807, 2.05) is 77.4 Å². The molecule has 5 heteroatoms. The third kappa shape index (κ3) is 3.47. The molecule has 5 rings (SSSR count). The van der Waals surface area contributed by atoms with Crippen LogP contribution in [0.2, 0.25) is 0 Å². The van der Waals surface area contributed by atoms with Crippen LogP contribution in [0.4, 0.5) is 0 Å². The van der Waals surface area contributed by atoms with Gasteiger partial charge < -0.3 is 0 Å². The Balaban J connectivity index is 1.42. The summed E-state index contributed by atoms with van der Waals surface area (Å²) in [5, 5.41) is 9.40. The Hall–Kier alpha value is -4.30. The van der Waals surface area contributed by atoms with Crippen molar-refractivity contribution < 1.29 is 0 Å². The van der Waals surface area contributed by atoms with E-state index in [1.165, 1.54) is 0 Å². The fourth-order valence-electron chi connectivity index (χ4n) is 3.10. The first kappa shape index (κ1) is 16.8. The molecular weight excluding hydrogens is 358 g/mol. The van der Waals surface area contributed by atoms with Crippen LogP contribution >= 0.6 is 0 Å². The van der Waals surface area contributed by atoms with Crippen molar-refractivity contribution in [3.05, 3.63) is 103 Å². The summed E-state index contributed by atoms with van der Waals surface area (Å²) in [7, 11) is 0. The van der Waals surface area contributed by atoms with Gasteiger partial charge in [0.1, 0.15) is 12.0 Å². The highest BCUT2D eigenvalue weighted by Crippen LogP contribution is 2.20. The quantitative estimate of drug-likeness (QED) is 0.434. The fourth-order valence-corrected chi connectivity index (χ4v) is 3.10. The molecule has 3 aromatic heterocycles. The van der Waals surface area contributed by atoms with E-state index in [-0.39, 0.29) is 0 Å². The van der Waals surface area contributed by atoms with Gasteiger partial charge in [-0.2, -0.15) is 0 Å². The number of hydrogen-bond acceptors (Lipinski definition) is 4. The molecule has 0 saturated heterocycles. The molecule has 5 aromatic rings. The number of nitrogens with zero attached hydrogens (tertiary/aromatic N) is 5. The van der Waals surface area contributed by atoms with Crippen LogP contribution in [-0.4, -0.2) is 24.7 Å². The zero-order valence-corrected chi connectivity index (χ0v) is 15.4. The van der Waals surface area contributed by atoms with Crippen LogP contribution in [0.15, 0.2) is 91.5 Å². The van der Waals surface area contributed by atoms with E-state index in [0.29, 0.717) is 0 Å². The molecule has 0 unspecified atom stereocenters. The lowest BCUT2D eigenvalue weighted by molar-refractivity contribution is 1.06. The van der Waals surface area contributed by atoms with E-state index >= 15 is 0 Å². The summed E-state index contributed by atoms with van der Waals surface area (Å²) in [5.74, 6) is 7.10. The average molecular weight is 373 g/mol. The summed E-state index contributed by atoms with van der Waals surface area (Å²) in [4.78, 5) is 8.65. The van der Waals surface area contributed by atoms with E-state index in [1.54, 1.807) is 18.7 Å². The largest absolute Gasteiger partial charge is 0.282 e. The van der Waals surface area contributed by atoms with Crippen LogP contribution in [0, 0.1) is 11.8 Å². The smallest absolute Gasteiger partial charge is 0.168 e. The van der Waals surface area contributed by atoms with Crippen molar-refractivity contribution in [2.45, 2.75) is 0 Å². The van der Waals surface area contributed by atoms with Crippen LogP contribution in [0.25, 0.3) is 28.0 Å². The predicted molar refractivity (Wildman–Crippen MR) is 112 cm³/mol. The Morgan fingerprint density at radius 2 is 1.59 bits per heavy atom. The molecule has 0 N–H and O–H groups in total. The van der Waals surface area contributed by atoms with Crippen molar-refractivity contribution in [1.29, 1.82) is 0 Å². The Bertz CT molecular complexity index is 1340. The lowest BCUT2D eigenvalue weighted by atomic mass is 10.1. The second kappa shape index (κ2) is 7.37. The van der Waals surface area contributed by atoms with Crippen molar-refractivity contribution in [3.63, 3.8) is 0 Å². The van der Waals surface area contributed by atoms with E-state index < -0.39 is 0 Å². The first-order valence-electron chi connectivity index (χ1n) is 9.15. The molecule has 0 aliphatic rings. The maximum absolute atomic E-state index is 4.59. The standard InChI is InChI=1S/C24H15N5/c1-2-4-23-19(3-1)8-10-21(27-23)9-5-18-6-11-22(12-7-18)29-17-26-28-24(29)20-13-15-25-16-14-20/h1-4,6-8,10-17H. The van der Waals surface area contributed by atoms with Crippen LogP contribution in [0.1, 0.15) is 11.3 Å². The molecule has 136 valence electrons. The van der Waals surface area contributed by atoms with Gasteiger partial charge in [-0.1, -0.05) is 30.2 Å². The van der Waals surface area contributed by atoms with Gasteiger partial charge in [0.25, 0.3) is 0 Å². The third-order valence-corrected chi connectivity index (χ3v) is 4.57. The van der Waals surface area contributed by atoms with E-state index in [4.69, 9.17) is 0 Å². The number of para-hydroxylation sites is 1. The van der Waals surface area contributed by atoms with E-state index in [9.17, 15) is 0 Å². The predicted octanol–water partition coefficient (Wildman–Crippen LogP) is 4.28. The monoisotopic (exact) mass is 373 g/mol. The first-order chi connectivity index (χ1) is 14.4. The summed E-state index contributed by atoms with van der Waals surface area (Å²) in [6, 6.07) is 23.8. The molecule has 5 nitrogen and oxygen atoms in total. The minimum atomic E-state index is 0.756. The molecule has 0 atom stereocenters. The van der Waals surface area contributed by atoms with Crippen LogP contribution < -0.4 is 0 Å². The van der Waals surface area contributed by atoms with Crippen molar-refractivity contribution in [2.24, 2.45) is 0 Å². The Kier molecular flexibility index (Phi) is 4.28. The maximum Gasteiger partial charge on any atom is 0.168 e. The van der Waals surface area contributed by atoms with Crippen molar-refractivity contribution in [3.8, 4) is 28.9 Å². The minimum absolute atomic E-state index is 0.756. The molecule has 0 radical (unpaired) electrons. The van der Waals surface area contributed by atoms with Crippen molar-refractivity contribution in [1.82, 2.24) is 24.7 Å². The fraction of sp³-hybridized carbons (Fsp3) is 0. The Labute approximate surface area is 167 Å². The highest BCUT2D eigenvalue weighted by molar-refractivity contribution is 5.78. The molecular formula is C24H15N5. The summed E-state index contributed by atoms with van der Waals surface area (Å²) in [6.45, 7) is 0. The van der Waals surface area contributed by atoms with Gasteiger partial charge in [-0.25, -0.2) is 4.98 Å². The average Bonchev–Trinajstić information content (AvgIpc) is 3.28. The van der Waals surface area contributed by atoms with Crippen molar-refractivity contribution in [2.75, 3.05) is 0 Å². The Morgan fingerprint density at radius 3 is 2.45 bits per heavy atom. The number of fused-ring (bicyclic) bond motifs is 1. The molecule has 0 spiro atoms. The molecule has 0 aliphatic heterocycles. The maximum atomic E-state index is 4.59. The molecule has 0 fully saturated rings. The second-order valence-electron chi connectivity index (χ2n) is 6.45. The number of hydrogen-bond donors (Lipinski definition) is 0. The van der Waals surface area contributed by atoms with E-state index in [2.05, 4.69) is 32.0 Å². The summed E-state index contributed by atoms with van der Waals surface area (Å²) in [6.07, 6.45) is 5.19. The minimum Gasteiger partial charge on any atom is -0.282 e. The molecule has 29 heavy (non-hydrogen) atoms. The van der Waals surface area contributed by atoms with Gasteiger partial charge in [0, 0.05) is 34.6 Å². The molecule has 0 amide bonds. The molecule has 2 aromatic carbocycles. The number of aromatic nitrogens is 5. The summed E-state index contributed by atoms with van der Waals surface area (Å²) in [5.41, 5.74) is 4.56. The number of pyridine rings is 2. The van der Waals surface area contributed by atoms with Gasteiger partial charge in [0.2, 0.25) is 0 Å². The SMILES string of the molecule is C(#Cc1ccc2ccccc2n1)c1ccc(-n2cnnc2-c2ccncc2)cc1. The van der Waals surface area contributed by atoms with Crippen LogP contribution in [0.3, 0.4) is 0 Å². The van der Waals surface area contributed by atoms with E-state index in [0.717, 1.165) is 39.2 Å². The lowest BCUT2D eigenvalue weighted by Crippen LogP contribution is -1.96. The van der Waals surface area contributed by atoms with Crippen LogP contribution in [-0.2, 0) is 0 Å². The number of rotatable bonds is 2. The van der Waals surface area contributed by atoms with Gasteiger partial charge in [0.15, 0.2) is 5.82 Å². The lowest BCUT2D eigenvalue weighted by Gasteiger charge is -2.06. The molecule has 3 heterocycles. The molecule has 0 bridgehead atoms. The third-order valence-electron chi connectivity index (χ3n) is 4.57.